The molecule has 0 saturated carbocycles. The van der Waals surface area contributed by atoms with Crippen molar-refractivity contribution in [2.45, 2.75) is 6.92 Å². The fourth-order valence-corrected chi connectivity index (χ4v) is 1.32. The Morgan fingerprint density at radius 1 is 1.21 bits per heavy atom. The number of carbonyl (C=O) groups is 2. The van der Waals surface area contributed by atoms with Crippen molar-refractivity contribution in [3.05, 3.63) is 36.0 Å². The Bertz CT molecular complexity index is 420. The number of aryl methyl sites for hydroxylation is 1. The van der Waals surface area contributed by atoms with E-state index in [0.29, 0.717) is 5.82 Å². The lowest BCUT2D eigenvalue weighted by atomic mass is 10.3. The summed E-state index contributed by atoms with van der Waals surface area (Å²) in [5.74, 6) is -0.263. The number of aromatic nitrogens is 1. The predicted octanol–water partition coefficient (Wildman–Crippen LogP) is 0.819. The number of rotatable bonds is 1. The minimum absolute atomic E-state index is 0.336. The normalized spacial score (nSPS) is 15.4. The van der Waals surface area contributed by atoms with E-state index in [1.54, 1.807) is 25.3 Å². The highest BCUT2D eigenvalue weighted by atomic mass is 16.2. The lowest BCUT2D eigenvalue weighted by Gasteiger charge is -2.14. The number of carbonyl (C=O) groups excluding carboxylic acids is 2. The van der Waals surface area contributed by atoms with Gasteiger partial charge in [-0.2, -0.15) is 0 Å². The molecular weight excluding hydrogens is 180 g/mol. The summed E-state index contributed by atoms with van der Waals surface area (Å²) in [5, 5.41) is 0. The summed E-state index contributed by atoms with van der Waals surface area (Å²) in [5.41, 5.74) is 0.804. The molecule has 0 atom stereocenters. The number of amides is 2. The van der Waals surface area contributed by atoms with Gasteiger partial charge in [-0.25, -0.2) is 9.88 Å². The van der Waals surface area contributed by atoms with Gasteiger partial charge >= 0.3 is 0 Å². The predicted molar refractivity (Wildman–Crippen MR) is 50.6 cm³/mol. The van der Waals surface area contributed by atoms with Crippen LogP contribution in [0.5, 0.6) is 0 Å². The van der Waals surface area contributed by atoms with Crippen LogP contribution in [-0.4, -0.2) is 16.8 Å². The molecule has 0 spiro atoms. The average molecular weight is 188 g/mol. The largest absolute Gasteiger partial charge is 0.269 e. The molecule has 1 aliphatic rings. The van der Waals surface area contributed by atoms with E-state index in [1.165, 1.54) is 12.2 Å². The first kappa shape index (κ1) is 8.62. The maximum Gasteiger partial charge on any atom is 0.259 e. The fourth-order valence-electron chi connectivity index (χ4n) is 1.32. The van der Waals surface area contributed by atoms with Gasteiger partial charge in [0.15, 0.2) is 0 Å². The van der Waals surface area contributed by atoms with Crippen LogP contribution in [0.4, 0.5) is 5.82 Å². The van der Waals surface area contributed by atoms with E-state index in [-0.39, 0.29) is 11.8 Å². The number of anilines is 1. The maximum atomic E-state index is 11.3. The van der Waals surface area contributed by atoms with Crippen LogP contribution >= 0.6 is 0 Å². The highest BCUT2D eigenvalue weighted by Crippen LogP contribution is 2.19. The Labute approximate surface area is 80.9 Å². The van der Waals surface area contributed by atoms with Gasteiger partial charge in [0, 0.05) is 18.3 Å². The molecule has 0 radical (unpaired) electrons. The van der Waals surface area contributed by atoms with Gasteiger partial charge in [0.1, 0.15) is 5.82 Å². The molecule has 0 bridgehead atoms. The second-order valence-corrected chi connectivity index (χ2v) is 2.99. The molecule has 14 heavy (non-hydrogen) atoms. The first-order valence-electron chi connectivity index (χ1n) is 4.18. The van der Waals surface area contributed by atoms with Crippen LogP contribution in [0.1, 0.15) is 5.56 Å². The van der Waals surface area contributed by atoms with E-state index >= 15 is 0 Å². The van der Waals surface area contributed by atoms with Crippen LogP contribution in [0.25, 0.3) is 0 Å². The minimum Gasteiger partial charge on any atom is -0.269 e. The third-order valence-electron chi connectivity index (χ3n) is 2.00. The molecule has 1 aromatic heterocycles. The molecule has 0 aromatic carbocycles. The molecule has 0 N–H and O–H groups in total. The second-order valence-electron chi connectivity index (χ2n) is 2.99. The quantitative estimate of drug-likeness (QED) is 0.613. The van der Waals surface area contributed by atoms with Crippen molar-refractivity contribution in [1.82, 2.24) is 4.98 Å². The highest BCUT2D eigenvalue weighted by Gasteiger charge is 2.26. The van der Waals surface area contributed by atoms with E-state index < -0.39 is 0 Å². The van der Waals surface area contributed by atoms with E-state index in [9.17, 15) is 9.59 Å². The SMILES string of the molecule is Cc1cccnc1N1C(=O)C=CC1=O. The highest BCUT2D eigenvalue weighted by molar-refractivity contribution is 6.27. The molecule has 0 saturated heterocycles. The van der Waals surface area contributed by atoms with Crippen LogP contribution in [0.15, 0.2) is 30.5 Å². The van der Waals surface area contributed by atoms with Gasteiger partial charge in [-0.15, -0.1) is 0 Å². The van der Waals surface area contributed by atoms with Gasteiger partial charge < -0.3 is 0 Å². The second kappa shape index (κ2) is 3.06. The standard InChI is InChI=1S/C10H8N2O2/c1-7-3-2-6-11-10(7)12-8(13)4-5-9(12)14/h2-6H,1H3. The molecule has 2 heterocycles. The summed E-state index contributed by atoms with van der Waals surface area (Å²) in [6, 6.07) is 3.57. The molecule has 1 aliphatic heterocycles. The Hall–Kier alpha value is -1.97. The van der Waals surface area contributed by atoms with Crippen molar-refractivity contribution in [1.29, 1.82) is 0 Å². The molecule has 0 unspecified atom stereocenters. The molecule has 0 fully saturated rings. The summed E-state index contributed by atoms with van der Waals surface area (Å²) < 4.78 is 0. The van der Waals surface area contributed by atoms with Gasteiger partial charge in [-0.05, 0) is 18.6 Å². The number of hydrogen-bond donors (Lipinski definition) is 0. The summed E-state index contributed by atoms with van der Waals surface area (Å²) in [4.78, 5) is 27.7. The molecule has 4 nitrogen and oxygen atoms in total. The van der Waals surface area contributed by atoms with Crippen molar-refractivity contribution in [2.75, 3.05) is 4.90 Å². The summed E-state index contributed by atoms with van der Waals surface area (Å²) in [6.07, 6.45) is 4.05. The first-order valence-corrected chi connectivity index (χ1v) is 4.18. The minimum atomic E-state index is -0.336. The average Bonchev–Trinajstić information content (AvgIpc) is 2.48. The monoisotopic (exact) mass is 188 g/mol. The van der Waals surface area contributed by atoms with Crippen molar-refractivity contribution < 1.29 is 9.59 Å². The summed E-state index contributed by atoms with van der Waals surface area (Å²) >= 11 is 0. The number of imide groups is 1. The lowest BCUT2D eigenvalue weighted by molar-refractivity contribution is -0.120. The molecular formula is C10H8N2O2. The van der Waals surface area contributed by atoms with Crippen molar-refractivity contribution in [2.24, 2.45) is 0 Å². The maximum absolute atomic E-state index is 11.3. The van der Waals surface area contributed by atoms with Gasteiger partial charge in [-0.3, -0.25) is 9.59 Å². The summed E-state index contributed by atoms with van der Waals surface area (Å²) in [6.45, 7) is 1.81. The molecule has 2 rings (SSSR count). The Morgan fingerprint density at radius 3 is 2.43 bits per heavy atom. The van der Waals surface area contributed by atoms with Gasteiger partial charge in [0.05, 0.1) is 0 Å². The first-order chi connectivity index (χ1) is 6.70. The topological polar surface area (TPSA) is 50.3 Å². The molecule has 70 valence electrons. The summed E-state index contributed by atoms with van der Waals surface area (Å²) in [7, 11) is 0. The van der Waals surface area contributed by atoms with Gasteiger partial charge in [0.2, 0.25) is 0 Å². The molecule has 0 aliphatic carbocycles. The zero-order valence-corrected chi connectivity index (χ0v) is 7.60. The van der Waals surface area contributed by atoms with E-state index in [1.807, 2.05) is 0 Å². The zero-order chi connectivity index (χ0) is 10.1. The van der Waals surface area contributed by atoms with E-state index in [4.69, 9.17) is 0 Å². The van der Waals surface area contributed by atoms with Crippen LogP contribution in [0.3, 0.4) is 0 Å². The molecule has 1 aromatic rings. The van der Waals surface area contributed by atoms with Crippen LogP contribution in [0.2, 0.25) is 0 Å². The number of nitrogens with zero attached hydrogens (tertiary/aromatic N) is 2. The number of hydrogen-bond acceptors (Lipinski definition) is 3. The fraction of sp³-hybridized carbons (Fsp3) is 0.100. The Morgan fingerprint density at radius 2 is 1.86 bits per heavy atom. The third-order valence-corrected chi connectivity index (χ3v) is 2.00. The van der Waals surface area contributed by atoms with Crippen molar-refractivity contribution in [3.8, 4) is 0 Å². The van der Waals surface area contributed by atoms with Gasteiger partial charge in [0.25, 0.3) is 11.8 Å². The van der Waals surface area contributed by atoms with Crippen molar-refractivity contribution >= 4 is 17.6 Å². The van der Waals surface area contributed by atoms with Crippen molar-refractivity contribution in [3.63, 3.8) is 0 Å². The Balaban J connectivity index is 2.46. The van der Waals surface area contributed by atoms with Crippen LogP contribution in [-0.2, 0) is 9.59 Å². The molecule has 2 amide bonds. The van der Waals surface area contributed by atoms with E-state index in [2.05, 4.69) is 4.98 Å². The zero-order valence-electron chi connectivity index (χ0n) is 7.60. The lowest BCUT2D eigenvalue weighted by Crippen LogP contribution is -2.31. The number of pyridine rings is 1. The van der Waals surface area contributed by atoms with Crippen LogP contribution in [0, 0.1) is 6.92 Å². The molecule has 4 heteroatoms. The van der Waals surface area contributed by atoms with E-state index in [0.717, 1.165) is 10.5 Å². The third kappa shape index (κ3) is 1.21. The van der Waals surface area contributed by atoms with Crippen LogP contribution < -0.4 is 4.90 Å². The van der Waals surface area contributed by atoms with Gasteiger partial charge in [-0.1, -0.05) is 6.07 Å². The Kier molecular flexibility index (Phi) is 1.89. The smallest absolute Gasteiger partial charge is 0.259 e.